The molecule has 1 aliphatic rings. The fourth-order valence-corrected chi connectivity index (χ4v) is 2.00. The van der Waals surface area contributed by atoms with Gasteiger partial charge in [0.25, 0.3) is 0 Å². The molecule has 1 atom stereocenters. The fraction of sp³-hybridized carbons (Fsp3) is 0.818. The second kappa shape index (κ2) is 5.12. The zero-order chi connectivity index (χ0) is 12.3. The lowest BCUT2D eigenvalue weighted by Crippen LogP contribution is -2.41. The summed E-state index contributed by atoms with van der Waals surface area (Å²) >= 11 is 0. The molecular formula is C11H20N4O2. The summed E-state index contributed by atoms with van der Waals surface area (Å²) in [7, 11) is 0. The summed E-state index contributed by atoms with van der Waals surface area (Å²) in [5, 5.41) is 30.0. The first-order valence-corrected chi connectivity index (χ1v) is 6.07. The number of rotatable bonds is 5. The highest BCUT2D eigenvalue weighted by Gasteiger charge is 2.19. The Kier molecular flexibility index (Phi) is 3.76. The highest BCUT2D eigenvalue weighted by Crippen LogP contribution is 2.14. The van der Waals surface area contributed by atoms with Gasteiger partial charge in [0.05, 0.1) is 18.8 Å². The molecule has 2 rings (SSSR count). The molecule has 1 unspecified atom stereocenters. The zero-order valence-electron chi connectivity index (χ0n) is 10.2. The van der Waals surface area contributed by atoms with Gasteiger partial charge in [0.15, 0.2) is 0 Å². The Morgan fingerprint density at radius 1 is 1.41 bits per heavy atom. The third kappa shape index (κ3) is 3.02. The van der Waals surface area contributed by atoms with Crippen molar-refractivity contribution in [3.05, 3.63) is 11.6 Å². The first-order valence-electron chi connectivity index (χ1n) is 6.07. The van der Waals surface area contributed by atoms with E-state index in [1.54, 1.807) is 6.92 Å². The van der Waals surface area contributed by atoms with Gasteiger partial charge in [0.2, 0.25) is 0 Å². The van der Waals surface area contributed by atoms with Crippen molar-refractivity contribution >= 4 is 0 Å². The Hall–Kier alpha value is -0.980. The SMILES string of the molecule is CC(O)(CO)CNCc1nnc2n1CCCC2. The van der Waals surface area contributed by atoms with Gasteiger partial charge < -0.3 is 20.1 Å². The first-order chi connectivity index (χ1) is 8.12. The fourth-order valence-electron chi connectivity index (χ4n) is 2.00. The maximum Gasteiger partial charge on any atom is 0.147 e. The van der Waals surface area contributed by atoms with Crippen molar-refractivity contribution in [3.63, 3.8) is 0 Å². The highest BCUT2D eigenvalue weighted by atomic mass is 16.3. The third-order valence-electron chi connectivity index (χ3n) is 3.07. The van der Waals surface area contributed by atoms with Crippen molar-refractivity contribution in [2.24, 2.45) is 0 Å². The van der Waals surface area contributed by atoms with Gasteiger partial charge >= 0.3 is 0 Å². The smallest absolute Gasteiger partial charge is 0.147 e. The van der Waals surface area contributed by atoms with E-state index in [0.29, 0.717) is 13.1 Å². The van der Waals surface area contributed by atoms with E-state index in [1.165, 1.54) is 12.8 Å². The average molecular weight is 240 g/mol. The van der Waals surface area contributed by atoms with Crippen molar-refractivity contribution in [1.29, 1.82) is 0 Å². The predicted molar refractivity (Wildman–Crippen MR) is 62.4 cm³/mol. The summed E-state index contributed by atoms with van der Waals surface area (Å²) < 4.78 is 2.14. The minimum atomic E-state index is -1.08. The molecule has 0 spiro atoms. The number of nitrogens with zero attached hydrogens (tertiary/aromatic N) is 3. The van der Waals surface area contributed by atoms with E-state index in [2.05, 4.69) is 20.1 Å². The van der Waals surface area contributed by atoms with Crippen LogP contribution in [0.5, 0.6) is 0 Å². The number of aliphatic hydroxyl groups excluding tert-OH is 1. The second-order valence-corrected chi connectivity index (χ2v) is 4.90. The van der Waals surface area contributed by atoms with Crippen molar-refractivity contribution in [2.45, 2.75) is 44.9 Å². The van der Waals surface area contributed by atoms with Crippen LogP contribution >= 0.6 is 0 Å². The lowest BCUT2D eigenvalue weighted by molar-refractivity contribution is 0.00237. The van der Waals surface area contributed by atoms with Crippen LogP contribution in [0.4, 0.5) is 0 Å². The van der Waals surface area contributed by atoms with E-state index in [1.807, 2.05) is 0 Å². The van der Waals surface area contributed by atoms with Gasteiger partial charge in [-0.05, 0) is 19.8 Å². The minimum Gasteiger partial charge on any atom is -0.393 e. The van der Waals surface area contributed by atoms with E-state index in [-0.39, 0.29) is 6.61 Å². The van der Waals surface area contributed by atoms with Crippen LogP contribution in [0.3, 0.4) is 0 Å². The van der Waals surface area contributed by atoms with Crippen LogP contribution < -0.4 is 5.32 Å². The van der Waals surface area contributed by atoms with E-state index in [0.717, 1.165) is 24.6 Å². The van der Waals surface area contributed by atoms with Crippen LogP contribution in [0.25, 0.3) is 0 Å². The summed E-state index contributed by atoms with van der Waals surface area (Å²) in [6.45, 7) is 3.24. The molecule has 0 amide bonds. The Morgan fingerprint density at radius 2 is 2.24 bits per heavy atom. The second-order valence-electron chi connectivity index (χ2n) is 4.90. The molecule has 0 saturated carbocycles. The zero-order valence-corrected chi connectivity index (χ0v) is 10.2. The number of fused-ring (bicyclic) bond motifs is 1. The maximum atomic E-state index is 9.63. The number of hydrogen-bond acceptors (Lipinski definition) is 5. The number of aryl methyl sites for hydroxylation is 1. The monoisotopic (exact) mass is 240 g/mol. The van der Waals surface area contributed by atoms with Crippen molar-refractivity contribution in [1.82, 2.24) is 20.1 Å². The molecule has 6 heteroatoms. The molecule has 0 saturated heterocycles. The molecule has 3 N–H and O–H groups in total. The largest absolute Gasteiger partial charge is 0.393 e. The topological polar surface area (TPSA) is 83.2 Å². The molecule has 0 fully saturated rings. The van der Waals surface area contributed by atoms with Gasteiger partial charge in [-0.3, -0.25) is 0 Å². The number of nitrogens with one attached hydrogen (secondary N) is 1. The minimum absolute atomic E-state index is 0.252. The molecule has 1 aliphatic heterocycles. The molecule has 0 aromatic carbocycles. The van der Waals surface area contributed by atoms with E-state index in [9.17, 15) is 5.11 Å². The molecule has 1 aromatic heterocycles. The summed E-state index contributed by atoms with van der Waals surface area (Å²) in [4.78, 5) is 0. The Bertz CT molecular complexity index is 376. The quantitative estimate of drug-likeness (QED) is 0.643. The molecule has 0 radical (unpaired) electrons. The Labute approximate surface area is 101 Å². The van der Waals surface area contributed by atoms with Crippen LogP contribution in [-0.2, 0) is 19.5 Å². The summed E-state index contributed by atoms with van der Waals surface area (Å²) in [6.07, 6.45) is 3.36. The van der Waals surface area contributed by atoms with Crippen LogP contribution in [-0.4, -0.2) is 43.7 Å². The van der Waals surface area contributed by atoms with Crippen molar-refractivity contribution in [3.8, 4) is 0 Å². The average Bonchev–Trinajstić information content (AvgIpc) is 2.73. The standard InChI is InChI=1S/C11H20N4O2/c1-11(17,8-16)7-12-6-10-14-13-9-4-2-3-5-15(9)10/h12,16-17H,2-8H2,1H3. The Balaban J connectivity index is 1.89. The van der Waals surface area contributed by atoms with Crippen LogP contribution in [0, 0.1) is 0 Å². The van der Waals surface area contributed by atoms with Gasteiger partial charge in [-0.1, -0.05) is 0 Å². The van der Waals surface area contributed by atoms with Gasteiger partial charge in [0.1, 0.15) is 11.6 Å². The van der Waals surface area contributed by atoms with Crippen molar-refractivity contribution in [2.75, 3.05) is 13.2 Å². The number of aliphatic hydroxyl groups is 2. The van der Waals surface area contributed by atoms with E-state index >= 15 is 0 Å². The lowest BCUT2D eigenvalue weighted by Gasteiger charge is -2.21. The summed E-state index contributed by atoms with van der Waals surface area (Å²) in [5.74, 6) is 1.97. The molecule has 0 aliphatic carbocycles. The lowest BCUT2D eigenvalue weighted by atomic mass is 10.1. The van der Waals surface area contributed by atoms with Gasteiger partial charge in [-0.15, -0.1) is 10.2 Å². The molecule has 2 heterocycles. The van der Waals surface area contributed by atoms with E-state index in [4.69, 9.17) is 5.11 Å². The molecule has 17 heavy (non-hydrogen) atoms. The van der Waals surface area contributed by atoms with Crippen LogP contribution in [0.1, 0.15) is 31.4 Å². The maximum absolute atomic E-state index is 9.63. The molecule has 1 aromatic rings. The van der Waals surface area contributed by atoms with Gasteiger partial charge in [-0.25, -0.2) is 0 Å². The van der Waals surface area contributed by atoms with Gasteiger partial charge in [0, 0.05) is 19.5 Å². The molecule has 6 nitrogen and oxygen atoms in total. The van der Waals surface area contributed by atoms with Gasteiger partial charge in [-0.2, -0.15) is 0 Å². The van der Waals surface area contributed by atoms with Crippen LogP contribution in [0.15, 0.2) is 0 Å². The predicted octanol–water partition coefficient (Wildman–Crippen LogP) is -0.553. The number of hydrogen-bond donors (Lipinski definition) is 3. The molecular weight excluding hydrogens is 220 g/mol. The highest BCUT2D eigenvalue weighted by molar-refractivity contribution is 4.98. The Morgan fingerprint density at radius 3 is 3.00 bits per heavy atom. The molecule has 96 valence electrons. The normalized spacial score (nSPS) is 18.8. The summed E-state index contributed by atoms with van der Waals surface area (Å²) in [5.41, 5.74) is -1.08. The first kappa shape index (κ1) is 12.5. The van der Waals surface area contributed by atoms with E-state index < -0.39 is 5.60 Å². The van der Waals surface area contributed by atoms with Crippen molar-refractivity contribution < 1.29 is 10.2 Å². The third-order valence-corrected chi connectivity index (χ3v) is 3.07. The summed E-state index contributed by atoms with van der Waals surface area (Å²) in [6, 6.07) is 0. The number of aromatic nitrogens is 3. The molecule has 0 bridgehead atoms. The van der Waals surface area contributed by atoms with Crippen LogP contribution in [0.2, 0.25) is 0 Å².